The predicted octanol–water partition coefficient (Wildman–Crippen LogP) is 0.911. The van der Waals surface area contributed by atoms with Gasteiger partial charge in [-0.05, 0) is 20.9 Å². The third-order valence-corrected chi connectivity index (χ3v) is 2.17. The summed E-state index contributed by atoms with van der Waals surface area (Å²) in [4.78, 5) is 2.32. The summed E-state index contributed by atoms with van der Waals surface area (Å²) in [7, 11) is 2.14. The summed E-state index contributed by atoms with van der Waals surface area (Å²) in [6, 6.07) is 0.988. The van der Waals surface area contributed by atoms with Crippen LogP contribution in [0.1, 0.15) is 27.7 Å². The van der Waals surface area contributed by atoms with Crippen LogP contribution >= 0.6 is 0 Å². The van der Waals surface area contributed by atoms with Gasteiger partial charge >= 0.3 is 0 Å². The van der Waals surface area contributed by atoms with Crippen molar-refractivity contribution in [2.24, 2.45) is 5.84 Å². The van der Waals surface area contributed by atoms with E-state index in [4.69, 9.17) is 5.84 Å². The Morgan fingerprint density at radius 2 is 1.42 bits per heavy atom. The van der Waals surface area contributed by atoms with Crippen LogP contribution in [-0.2, 0) is 0 Å². The Labute approximate surface area is 76.5 Å². The standard InChI is InChI=1S/C7H17N3.C2H6/c1-6-4-9(3)5-7(2)10(6)8;1-2/h6-7H,4-5,8H2,1-3H3;1-2H3. The molecule has 1 saturated heterocycles. The van der Waals surface area contributed by atoms with Crippen LogP contribution in [0.5, 0.6) is 0 Å². The van der Waals surface area contributed by atoms with E-state index in [-0.39, 0.29) is 0 Å². The minimum absolute atomic E-state index is 0.494. The lowest BCUT2D eigenvalue weighted by molar-refractivity contribution is 0.0524. The highest BCUT2D eigenvalue weighted by molar-refractivity contribution is 4.79. The fraction of sp³-hybridized carbons (Fsp3) is 1.00. The van der Waals surface area contributed by atoms with Crippen molar-refractivity contribution in [3.63, 3.8) is 0 Å². The van der Waals surface area contributed by atoms with Crippen molar-refractivity contribution in [3.05, 3.63) is 0 Å². The molecule has 1 aliphatic heterocycles. The zero-order valence-electron chi connectivity index (χ0n) is 9.04. The molecule has 0 aromatic carbocycles. The van der Waals surface area contributed by atoms with Gasteiger partial charge in [-0.25, -0.2) is 5.01 Å². The number of nitrogens with zero attached hydrogens (tertiary/aromatic N) is 2. The van der Waals surface area contributed by atoms with Crippen LogP contribution in [0, 0.1) is 0 Å². The van der Waals surface area contributed by atoms with Gasteiger partial charge in [-0.2, -0.15) is 0 Å². The minimum atomic E-state index is 0.494. The molecule has 3 heteroatoms. The predicted molar refractivity (Wildman–Crippen MR) is 53.8 cm³/mol. The Kier molecular flexibility index (Phi) is 5.46. The molecule has 3 nitrogen and oxygen atoms in total. The average Bonchev–Trinajstić information content (AvgIpc) is 2.04. The second-order valence-electron chi connectivity index (χ2n) is 3.37. The van der Waals surface area contributed by atoms with Crippen LogP contribution < -0.4 is 5.84 Å². The van der Waals surface area contributed by atoms with Crippen LogP contribution in [0.15, 0.2) is 0 Å². The lowest BCUT2D eigenvalue weighted by Crippen LogP contribution is -2.58. The van der Waals surface area contributed by atoms with Crippen molar-refractivity contribution in [2.45, 2.75) is 39.8 Å². The van der Waals surface area contributed by atoms with E-state index in [1.54, 1.807) is 0 Å². The Morgan fingerprint density at radius 3 is 1.75 bits per heavy atom. The molecule has 0 aromatic heterocycles. The minimum Gasteiger partial charge on any atom is -0.303 e. The molecule has 2 unspecified atom stereocenters. The maximum absolute atomic E-state index is 5.79. The molecular formula is C9H23N3. The first-order valence-electron chi connectivity index (χ1n) is 4.83. The van der Waals surface area contributed by atoms with Gasteiger partial charge < -0.3 is 4.90 Å². The van der Waals surface area contributed by atoms with Gasteiger partial charge in [0.15, 0.2) is 0 Å². The topological polar surface area (TPSA) is 32.5 Å². The Morgan fingerprint density at radius 1 is 1.08 bits per heavy atom. The van der Waals surface area contributed by atoms with Crippen molar-refractivity contribution >= 4 is 0 Å². The van der Waals surface area contributed by atoms with Crippen LogP contribution in [0.4, 0.5) is 0 Å². The SMILES string of the molecule is CC.CC1CN(C)CC(C)N1N. The van der Waals surface area contributed by atoms with Crippen molar-refractivity contribution in [1.82, 2.24) is 9.91 Å². The lowest BCUT2D eigenvalue weighted by atomic mass is 10.1. The van der Waals surface area contributed by atoms with Crippen LogP contribution in [-0.4, -0.2) is 42.1 Å². The molecule has 12 heavy (non-hydrogen) atoms. The van der Waals surface area contributed by atoms with Crippen molar-refractivity contribution < 1.29 is 0 Å². The highest BCUT2D eigenvalue weighted by Gasteiger charge is 2.24. The van der Waals surface area contributed by atoms with Crippen molar-refractivity contribution in [3.8, 4) is 0 Å². The second kappa shape index (κ2) is 5.51. The average molecular weight is 173 g/mol. The molecule has 0 spiro atoms. The third-order valence-electron chi connectivity index (χ3n) is 2.17. The van der Waals surface area contributed by atoms with Gasteiger partial charge in [0.2, 0.25) is 0 Å². The van der Waals surface area contributed by atoms with Gasteiger partial charge in [-0.3, -0.25) is 5.84 Å². The Balaban J connectivity index is 0.000000561. The molecule has 1 aliphatic rings. The van der Waals surface area contributed by atoms with Crippen molar-refractivity contribution in [2.75, 3.05) is 20.1 Å². The van der Waals surface area contributed by atoms with Crippen LogP contribution in [0.3, 0.4) is 0 Å². The molecule has 0 aliphatic carbocycles. The van der Waals surface area contributed by atoms with E-state index in [1.165, 1.54) is 0 Å². The smallest absolute Gasteiger partial charge is 0.0343 e. The van der Waals surface area contributed by atoms with E-state index in [0.29, 0.717) is 12.1 Å². The quantitative estimate of drug-likeness (QED) is 0.553. The molecular weight excluding hydrogens is 150 g/mol. The number of hydrazine groups is 1. The molecule has 2 N–H and O–H groups in total. The summed E-state index contributed by atoms with van der Waals surface area (Å²) in [6.07, 6.45) is 0. The molecule has 0 radical (unpaired) electrons. The molecule has 1 fully saturated rings. The fourth-order valence-corrected chi connectivity index (χ4v) is 1.60. The lowest BCUT2D eigenvalue weighted by Gasteiger charge is -2.40. The van der Waals surface area contributed by atoms with Gasteiger partial charge in [0.1, 0.15) is 0 Å². The largest absolute Gasteiger partial charge is 0.303 e. The van der Waals surface area contributed by atoms with E-state index >= 15 is 0 Å². The normalized spacial score (nSPS) is 32.5. The van der Waals surface area contributed by atoms with Gasteiger partial charge in [-0.15, -0.1) is 0 Å². The summed E-state index contributed by atoms with van der Waals surface area (Å²) < 4.78 is 0. The van der Waals surface area contributed by atoms with E-state index < -0.39 is 0 Å². The summed E-state index contributed by atoms with van der Waals surface area (Å²) in [5, 5.41) is 1.94. The van der Waals surface area contributed by atoms with Crippen LogP contribution in [0.25, 0.3) is 0 Å². The number of hydrogen-bond acceptors (Lipinski definition) is 3. The zero-order chi connectivity index (χ0) is 9.72. The zero-order valence-corrected chi connectivity index (χ0v) is 9.04. The molecule has 0 saturated carbocycles. The van der Waals surface area contributed by atoms with Gasteiger partial charge in [0, 0.05) is 25.2 Å². The number of nitrogens with two attached hydrogens (primary N) is 1. The summed E-state index contributed by atoms with van der Waals surface area (Å²) >= 11 is 0. The molecule has 2 atom stereocenters. The first-order valence-corrected chi connectivity index (χ1v) is 4.83. The van der Waals surface area contributed by atoms with E-state index in [9.17, 15) is 0 Å². The number of hydrogen-bond donors (Lipinski definition) is 1. The Bertz CT molecular complexity index is 104. The van der Waals surface area contributed by atoms with E-state index in [1.807, 2.05) is 18.9 Å². The van der Waals surface area contributed by atoms with E-state index in [0.717, 1.165) is 13.1 Å². The maximum atomic E-state index is 5.79. The monoisotopic (exact) mass is 173 g/mol. The van der Waals surface area contributed by atoms with Crippen molar-refractivity contribution in [1.29, 1.82) is 0 Å². The second-order valence-corrected chi connectivity index (χ2v) is 3.37. The molecule has 0 amide bonds. The maximum Gasteiger partial charge on any atom is 0.0343 e. The fourth-order valence-electron chi connectivity index (χ4n) is 1.60. The van der Waals surface area contributed by atoms with Crippen LogP contribution in [0.2, 0.25) is 0 Å². The van der Waals surface area contributed by atoms with Gasteiger partial charge in [0.25, 0.3) is 0 Å². The highest BCUT2D eigenvalue weighted by Crippen LogP contribution is 2.08. The van der Waals surface area contributed by atoms with Gasteiger partial charge in [-0.1, -0.05) is 13.8 Å². The third kappa shape index (κ3) is 3.09. The molecule has 0 aromatic rings. The molecule has 74 valence electrons. The first-order chi connectivity index (χ1) is 5.61. The molecule has 1 rings (SSSR count). The molecule has 1 heterocycles. The van der Waals surface area contributed by atoms with Gasteiger partial charge in [0.05, 0.1) is 0 Å². The number of likely N-dealkylation sites (N-methyl/N-ethyl adjacent to an activating group) is 1. The summed E-state index contributed by atoms with van der Waals surface area (Å²) in [6.45, 7) is 10.5. The number of piperazine rings is 1. The highest BCUT2D eigenvalue weighted by atomic mass is 15.5. The first kappa shape index (κ1) is 11.9. The molecule has 0 bridgehead atoms. The summed E-state index contributed by atoms with van der Waals surface area (Å²) in [5.41, 5.74) is 0. The Hall–Kier alpha value is -0.120. The van der Waals surface area contributed by atoms with E-state index in [2.05, 4.69) is 25.8 Å². The number of rotatable bonds is 0. The summed E-state index contributed by atoms with van der Waals surface area (Å²) in [5.74, 6) is 5.79.